The van der Waals surface area contributed by atoms with E-state index in [-0.39, 0.29) is 6.61 Å². The normalized spacial score (nSPS) is 12.0. The van der Waals surface area contributed by atoms with Crippen LogP contribution in [0.25, 0.3) is 10.9 Å². The average Bonchev–Trinajstić information content (AvgIpc) is 3.27. The van der Waals surface area contributed by atoms with Crippen LogP contribution in [0.3, 0.4) is 0 Å². The minimum Gasteiger partial charge on any atom is -0.493 e. The number of pyridine rings is 1. The van der Waals surface area contributed by atoms with Crippen molar-refractivity contribution in [3.05, 3.63) is 58.5 Å². The number of likely N-dealkylation sites (N-methyl/N-ethyl adjacent to an activating group) is 1. The van der Waals surface area contributed by atoms with Gasteiger partial charge in [0, 0.05) is 53.6 Å². The van der Waals surface area contributed by atoms with Crippen LogP contribution in [0.15, 0.2) is 46.6 Å². The molecule has 1 atom stereocenters. The Labute approximate surface area is 261 Å². The second-order valence-corrected chi connectivity index (χ2v) is 11.6. The topological polar surface area (TPSA) is 129 Å². The Hall–Kier alpha value is -3.53. The van der Waals surface area contributed by atoms with Crippen LogP contribution in [0.4, 0.5) is 11.4 Å². The van der Waals surface area contributed by atoms with Crippen molar-refractivity contribution >= 4 is 45.6 Å². The molecule has 4 rings (SSSR count). The summed E-state index contributed by atoms with van der Waals surface area (Å²) in [6.45, 7) is 8.20. The number of imidazole rings is 1. The SMILES string of the molecule is CCn1c(Sc2ccc(Nc3c(C#N)cnc4cc(OCCCN(C)CC(O)CO)c(OC)cc34)cc2Cl)nc(C)c1C. The Balaban J connectivity index is 1.54. The maximum atomic E-state index is 9.87. The highest BCUT2D eigenvalue weighted by molar-refractivity contribution is 7.99. The number of nitrogens with zero attached hydrogens (tertiary/aromatic N) is 5. The third-order valence-corrected chi connectivity index (χ3v) is 8.59. The van der Waals surface area contributed by atoms with Crippen molar-refractivity contribution in [3.63, 3.8) is 0 Å². The van der Waals surface area contributed by atoms with Crippen molar-refractivity contribution in [1.29, 1.82) is 5.26 Å². The Morgan fingerprint density at radius 2 is 2.02 bits per heavy atom. The van der Waals surface area contributed by atoms with Crippen LogP contribution in [0.2, 0.25) is 5.02 Å². The van der Waals surface area contributed by atoms with E-state index in [0.717, 1.165) is 33.7 Å². The van der Waals surface area contributed by atoms with Crippen LogP contribution >= 0.6 is 23.4 Å². The van der Waals surface area contributed by atoms with Gasteiger partial charge in [0.1, 0.15) is 6.07 Å². The summed E-state index contributed by atoms with van der Waals surface area (Å²) in [5, 5.41) is 34.0. The predicted octanol–water partition coefficient (Wildman–Crippen LogP) is 5.55. The molecule has 228 valence electrons. The number of aromatic nitrogens is 3. The molecule has 2 heterocycles. The van der Waals surface area contributed by atoms with Gasteiger partial charge in [0.25, 0.3) is 0 Å². The van der Waals surface area contributed by atoms with Crippen molar-refractivity contribution in [1.82, 2.24) is 19.4 Å². The van der Waals surface area contributed by atoms with Gasteiger partial charge in [0.05, 0.1) is 53.9 Å². The van der Waals surface area contributed by atoms with Crippen molar-refractivity contribution in [2.24, 2.45) is 0 Å². The van der Waals surface area contributed by atoms with E-state index in [1.54, 1.807) is 13.2 Å². The smallest absolute Gasteiger partial charge is 0.173 e. The van der Waals surface area contributed by atoms with E-state index in [1.165, 1.54) is 18.0 Å². The van der Waals surface area contributed by atoms with Gasteiger partial charge in [0.2, 0.25) is 0 Å². The number of nitrogens with one attached hydrogen (secondary N) is 1. The van der Waals surface area contributed by atoms with Crippen LogP contribution < -0.4 is 14.8 Å². The first-order valence-corrected chi connectivity index (χ1v) is 15.2. The lowest BCUT2D eigenvalue weighted by molar-refractivity contribution is 0.0653. The van der Waals surface area contributed by atoms with Crippen LogP contribution in [-0.2, 0) is 6.54 Å². The van der Waals surface area contributed by atoms with Gasteiger partial charge < -0.3 is 34.5 Å². The second-order valence-electron chi connectivity index (χ2n) is 10.2. The third-order valence-electron chi connectivity index (χ3n) is 7.09. The fraction of sp³-hybridized carbons (Fsp3) is 0.387. The van der Waals surface area contributed by atoms with Gasteiger partial charge >= 0.3 is 0 Å². The number of ether oxygens (including phenoxy) is 2. The summed E-state index contributed by atoms with van der Waals surface area (Å²) in [7, 11) is 3.44. The van der Waals surface area contributed by atoms with Gasteiger partial charge in [-0.15, -0.1) is 0 Å². The summed E-state index contributed by atoms with van der Waals surface area (Å²) < 4.78 is 13.8. The van der Waals surface area contributed by atoms with Crippen LogP contribution in [0.5, 0.6) is 11.5 Å². The molecule has 0 aliphatic rings. The molecule has 10 nitrogen and oxygen atoms in total. The Kier molecular flexibility index (Phi) is 11.1. The average molecular weight is 625 g/mol. The molecule has 0 spiro atoms. The second kappa shape index (κ2) is 14.8. The zero-order chi connectivity index (χ0) is 31.1. The molecule has 4 aromatic rings. The van der Waals surface area contributed by atoms with Gasteiger partial charge in [-0.3, -0.25) is 4.98 Å². The molecule has 2 aromatic heterocycles. The molecule has 0 amide bonds. The number of methoxy groups -OCH3 is 1. The third kappa shape index (κ3) is 7.71. The highest BCUT2D eigenvalue weighted by atomic mass is 35.5. The van der Waals surface area contributed by atoms with Gasteiger partial charge in [-0.25, -0.2) is 4.98 Å². The molecular weight excluding hydrogens is 588 g/mol. The van der Waals surface area contributed by atoms with E-state index in [1.807, 2.05) is 43.1 Å². The molecule has 12 heteroatoms. The molecule has 0 bridgehead atoms. The Bertz CT molecular complexity index is 1620. The summed E-state index contributed by atoms with van der Waals surface area (Å²) in [6, 6.07) is 11.5. The lowest BCUT2D eigenvalue weighted by Gasteiger charge is -2.19. The highest BCUT2D eigenvalue weighted by Gasteiger charge is 2.17. The quantitative estimate of drug-likeness (QED) is 0.154. The van der Waals surface area contributed by atoms with Crippen molar-refractivity contribution < 1.29 is 19.7 Å². The molecule has 0 fully saturated rings. The number of aryl methyl sites for hydroxylation is 1. The lowest BCUT2D eigenvalue weighted by Crippen LogP contribution is -2.32. The maximum Gasteiger partial charge on any atom is 0.173 e. The number of anilines is 2. The minimum atomic E-state index is -0.767. The lowest BCUT2D eigenvalue weighted by atomic mass is 10.1. The van der Waals surface area contributed by atoms with E-state index >= 15 is 0 Å². The monoisotopic (exact) mass is 624 g/mol. The number of aliphatic hydroxyl groups excluding tert-OH is 2. The summed E-state index contributed by atoms with van der Waals surface area (Å²) >= 11 is 8.24. The molecular formula is C31H37ClN6O4S. The molecule has 3 N–H and O–H groups in total. The van der Waals surface area contributed by atoms with Gasteiger partial charge in [0.15, 0.2) is 16.7 Å². The van der Waals surface area contributed by atoms with Gasteiger partial charge in [-0.1, -0.05) is 23.4 Å². The standard InChI is InChI=1S/C31H37ClN6O4S/c1-6-38-20(3)19(2)35-31(38)43-29-9-8-22(12-25(29)32)36-30-21(15-33)16-34-26-14-28(27(41-5)13-24(26)30)42-11-7-10-37(4)17-23(40)18-39/h8-9,12-14,16,23,39-40H,6-7,10-11,17-18H2,1-5H3,(H,34,36). The van der Waals surface area contributed by atoms with Crippen LogP contribution in [0, 0.1) is 25.2 Å². The number of rotatable bonds is 14. The van der Waals surface area contributed by atoms with E-state index < -0.39 is 6.10 Å². The molecule has 0 saturated carbocycles. The summed E-state index contributed by atoms with van der Waals surface area (Å²) in [5.41, 5.74) is 4.46. The molecule has 0 aliphatic carbocycles. The van der Waals surface area contributed by atoms with Gasteiger partial charge in [-0.2, -0.15) is 5.26 Å². The van der Waals surface area contributed by atoms with E-state index in [0.29, 0.717) is 64.8 Å². The molecule has 0 radical (unpaired) electrons. The fourth-order valence-electron chi connectivity index (χ4n) is 4.70. The maximum absolute atomic E-state index is 9.87. The fourth-order valence-corrected chi connectivity index (χ4v) is 6.04. The molecule has 1 unspecified atom stereocenters. The number of halogens is 1. The first-order chi connectivity index (χ1) is 20.7. The van der Waals surface area contributed by atoms with E-state index in [4.69, 9.17) is 31.2 Å². The summed E-state index contributed by atoms with van der Waals surface area (Å²) in [4.78, 5) is 12.0. The number of nitriles is 1. The number of benzene rings is 2. The van der Waals surface area contributed by atoms with Crippen molar-refractivity contribution in [2.45, 2.75) is 49.9 Å². The van der Waals surface area contributed by atoms with Crippen LogP contribution in [-0.4, -0.2) is 76.2 Å². The first kappa shape index (κ1) is 32.4. The van der Waals surface area contributed by atoms with Gasteiger partial charge in [-0.05, 0) is 58.5 Å². The van der Waals surface area contributed by atoms with Crippen molar-refractivity contribution in [2.75, 3.05) is 45.8 Å². The number of hydrogen-bond acceptors (Lipinski definition) is 10. The van der Waals surface area contributed by atoms with E-state index in [2.05, 4.69) is 34.8 Å². The number of aliphatic hydroxyl groups is 2. The zero-order valence-electron chi connectivity index (χ0n) is 25.0. The molecule has 43 heavy (non-hydrogen) atoms. The zero-order valence-corrected chi connectivity index (χ0v) is 26.6. The highest BCUT2D eigenvalue weighted by Crippen LogP contribution is 2.39. The Morgan fingerprint density at radius 3 is 2.70 bits per heavy atom. The largest absolute Gasteiger partial charge is 0.493 e. The van der Waals surface area contributed by atoms with Crippen molar-refractivity contribution in [3.8, 4) is 17.6 Å². The number of fused-ring (bicyclic) bond motifs is 1. The summed E-state index contributed by atoms with van der Waals surface area (Å²) in [5.74, 6) is 1.05. The number of hydrogen-bond donors (Lipinski definition) is 3. The molecule has 0 aliphatic heterocycles. The van der Waals surface area contributed by atoms with E-state index in [9.17, 15) is 10.4 Å². The minimum absolute atomic E-state index is 0.268. The Morgan fingerprint density at radius 1 is 1.23 bits per heavy atom. The van der Waals surface area contributed by atoms with Crippen LogP contribution in [0.1, 0.15) is 30.3 Å². The molecule has 2 aromatic carbocycles. The predicted molar refractivity (Wildman–Crippen MR) is 170 cm³/mol. The molecule has 0 saturated heterocycles. The summed E-state index contributed by atoms with van der Waals surface area (Å²) in [6.07, 6.45) is 1.47. The first-order valence-electron chi connectivity index (χ1n) is 14.0.